The minimum Gasteiger partial charge on any atom is -0.296 e. The molecule has 0 radical (unpaired) electrons. The molecule has 1 N–H and O–H groups in total. The Balaban J connectivity index is 1.64. The SMILES string of the molecule is O=C(Nc1nnc(SCc2cccs2)s1)c1cc(Br)ccc1F. The first-order valence-corrected chi connectivity index (χ1v) is 9.84. The Morgan fingerprint density at radius 3 is 3.00 bits per heavy atom. The van der Waals surface area contributed by atoms with Gasteiger partial charge in [-0.2, -0.15) is 0 Å². The predicted octanol–water partition coefficient (Wildman–Crippen LogP) is 5.05. The Hall–Kier alpha value is -1.29. The lowest BCUT2D eigenvalue weighted by molar-refractivity contribution is 0.102. The Labute approximate surface area is 152 Å². The van der Waals surface area contributed by atoms with Crippen LogP contribution in [0, 0.1) is 5.82 Å². The number of hydrogen-bond acceptors (Lipinski definition) is 6. The van der Waals surface area contributed by atoms with Crippen molar-refractivity contribution in [1.82, 2.24) is 10.2 Å². The van der Waals surface area contributed by atoms with Crippen LogP contribution in [0.2, 0.25) is 0 Å². The summed E-state index contributed by atoms with van der Waals surface area (Å²) < 4.78 is 15.1. The first kappa shape index (κ1) is 16.6. The number of rotatable bonds is 5. The maximum Gasteiger partial charge on any atom is 0.260 e. The van der Waals surface area contributed by atoms with Gasteiger partial charge in [-0.3, -0.25) is 10.1 Å². The molecule has 0 fully saturated rings. The van der Waals surface area contributed by atoms with Crippen molar-refractivity contribution in [2.75, 3.05) is 5.32 Å². The topological polar surface area (TPSA) is 54.9 Å². The van der Waals surface area contributed by atoms with Crippen molar-refractivity contribution in [3.05, 3.63) is 56.4 Å². The quantitative estimate of drug-likeness (QED) is 0.455. The highest BCUT2D eigenvalue weighted by Gasteiger charge is 2.15. The molecule has 0 aliphatic rings. The molecule has 1 amide bonds. The van der Waals surface area contributed by atoms with E-state index in [1.807, 2.05) is 11.4 Å². The molecule has 2 heterocycles. The zero-order valence-corrected chi connectivity index (χ0v) is 15.5. The van der Waals surface area contributed by atoms with E-state index in [2.05, 4.69) is 37.5 Å². The van der Waals surface area contributed by atoms with E-state index in [9.17, 15) is 9.18 Å². The van der Waals surface area contributed by atoms with Crippen LogP contribution in [0.5, 0.6) is 0 Å². The van der Waals surface area contributed by atoms with Crippen molar-refractivity contribution in [1.29, 1.82) is 0 Å². The fraction of sp³-hybridized carbons (Fsp3) is 0.0714. The molecule has 3 aromatic rings. The molecular formula is C14H9BrFN3OS3. The lowest BCUT2D eigenvalue weighted by Gasteiger charge is -2.03. The van der Waals surface area contributed by atoms with Gasteiger partial charge in [-0.15, -0.1) is 21.5 Å². The maximum atomic E-state index is 13.7. The molecule has 0 saturated carbocycles. The number of thioether (sulfide) groups is 1. The monoisotopic (exact) mass is 429 g/mol. The second-order valence-electron chi connectivity index (χ2n) is 4.32. The number of carbonyl (C=O) groups excluding carboxylic acids is 1. The Kier molecular flexibility index (Phi) is 5.42. The number of halogens is 2. The fourth-order valence-corrected chi connectivity index (χ4v) is 4.56. The number of nitrogens with one attached hydrogen (secondary N) is 1. The van der Waals surface area contributed by atoms with Gasteiger partial charge in [0.25, 0.3) is 5.91 Å². The van der Waals surface area contributed by atoms with Crippen LogP contribution in [0.1, 0.15) is 15.2 Å². The van der Waals surface area contributed by atoms with E-state index in [1.165, 1.54) is 34.4 Å². The third kappa shape index (κ3) is 4.37. The molecule has 0 saturated heterocycles. The van der Waals surface area contributed by atoms with E-state index >= 15 is 0 Å². The van der Waals surface area contributed by atoms with E-state index in [-0.39, 0.29) is 5.56 Å². The molecule has 1 aromatic carbocycles. The van der Waals surface area contributed by atoms with E-state index in [0.717, 1.165) is 10.1 Å². The Morgan fingerprint density at radius 2 is 2.22 bits per heavy atom. The van der Waals surface area contributed by atoms with Gasteiger partial charge in [0.1, 0.15) is 5.82 Å². The zero-order chi connectivity index (χ0) is 16.2. The summed E-state index contributed by atoms with van der Waals surface area (Å²) in [5.74, 6) is -0.321. The van der Waals surface area contributed by atoms with Crippen molar-refractivity contribution in [2.24, 2.45) is 0 Å². The molecule has 0 spiro atoms. The van der Waals surface area contributed by atoms with Gasteiger partial charge >= 0.3 is 0 Å². The van der Waals surface area contributed by atoms with Crippen molar-refractivity contribution < 1.29 is 9.18 Å². The summed E-state index contributed by atoms with van der Waals surface area (Å²) in [5.41, 5.74) is -0.0395. The van der Waals surface area contributed by atoms with Crippen LogP contribution in [0.25, 0.3) is 0 Å². The molecule has 0 aliphatic heterocycles. The summed E-state index contributed by atoms with van der Waals surface area (Å²) in [6.07, 6.45) is 0. The van der Waals surface area contributed by atoms with Gasteiger partial charge in [-0.25, -0.2) is 4.39 Å². The van der Waals surface area contributed by atoms with Crippen molar-refractivity contribution in [3.8, 4) is 0 Å². The minimum atomic E-state index is -0.581. The first-order chi connectivity index (χ1) is 11.1. The number of amides is 1. The molecule has 2 aromatic heterocycles. The van der Waals surface area contributed by atoms with Crippen molar-refractivity contribution in [2.45, 2.75) is 10.1 Å². The number of hydrogen-bond donors (Lipinski definition) is 1. The molecule has 0 unspecified atom stereocenters. The fourth-order valence-electron chi connectivity index (χ4n) is 1.68. The van der Waals surface area contributed by atoms with Crippen LogP contribution in [0.15, 0.2) is 44.5 Å². The number of carbonyl (C=O) groups is 1. The molecule has 9 heteroatoms. The van der Waals surface area contributed by atoms with Gasteiger partial charge in [0, 0.05) is 15.1 Å². The molecule has 0 atom stereocenters. The van der Waals surface area contributed by atoms with E-state index in [4.69, 9.17) is 0 Å². The van der Waals surface area contributed by atoms with Crippen LogP contribution in [0.3, 0.4) is 0 Å². The summed E-state index contributed by atoms with van der Waals surface area (Å²) in [6, 6.07) is 8.26. The van der Waals surface area contributed by atoms with Crippen LogP contribution in [0.4, 0.5) is 9.52 Å². The van der Waals surface area contributed by atoms with Gasteiger partial charge in [-0.05, 0) is 29.6 Å². The van der Waals surface area contributed by atoms with Crippen LogP contribution in [-0.4, -0.2) is 16.1 Å². The van der Waals surface area contributed by atoms with E-state index < -0.39 is 11.7 Å². The summed E-state index contributed by atoms with van der Waals surface area (Å²) >= 11 is 7.72. The highest BCUT2D eigenvalue weighted by Crippen LogP contribution is 2.29. The standard InChI is InChI=1S/C14H9BrFN3OS3/c15-8-3-4-11(16)10(6-8)12(20)17-13-18-19-14(23-13)22-7-9-2-1-5-21-9/h1-6H,7H2,(H,17,18,20). The lowest BCUT2D eigenvalue weighted by atomic mass is 10.2. The predicted molar refractivity (Wildman–Crippen MR) is 95.8 cm³/mol. The second-order valence-corrected chi connectivity index (χ2v) is 8.47. The van der Waals surface area contributed by atoms with E-state index in [0.29, 0.717) is 9.60 Å². The highest BCUT2D eigenvalue weighted by atomic mass is 79.9. The van der Waals surface area contributed by atoms with Crippen LogP contribution < -0.4 is 5.32 Å². The molecule has 23 heavy (non-hydrogen) atoms. The average Bonchev–Trinajstić information content (AvgIpc) is 3.19. The maximum absolute atomic E-state index is 13.7. The summed E-state index contributed by atoms with van der Waals surface area (Å²) in [4.78, 5) is 13.3. The van der Waals surface area contributed by atoms with Crippen LogP contribution >= 0.6 is 50.4 Å². The summed E-state index contributed by atoms with van der Waals surface area (Å²) in [5, 5.41) is 12.9. The van der Waals surface area contributed by atoms with Gasteiger partial charge in [-0.1, -0.05) is 45.1 Å². The Morgan fingerprint density at radius 1 is 1.35 bits per heavy atom. The van der Waals surface area contributed by atoms with Crippen molar-refractivity contribution >= 4 is 61.4 Å². The molecular weight excluding hydrogens is 421 g/mol. The van der Waals surface area contributed by atoms with Crippen LogP contribution in [-0.2, 0) is 5.75 Å². The number of aromatic nitrogens is 2. The highest BCUT2D eigenvalue weighted by molar-refractivity contribution is 9.10. The smallest absolute Gasteiger partial charge is 0.260 e. The zero-order valence-electron chi connectivity index (χ0n) is 11.5. The molecule has 0 bridgehead atoms. The molecule has 0 aliphatic carbocycles. The third-order valence-corrected chi connectivity index (χ3v) is 6.29. The van der Waals surface area contributed by atoms with Gasteiger partial charge in [0.2, 0.25) is 5.13 Å². The molecule has 4 nitrogen and oxygen atoms in total. The third-order valence-electron chi connectivity index (χ3n) is 2.72. The summed E-state index contributed by atoms with van der Waals surface area (Å²) in [7, 11) is 0. The number of thiophene rings is 1. The largest absolute Gasteiger partial charge is 0.296 e. The number of nitrogens with zero attached hydrogens (tertiary/aromatic N) is 2. The first-order valence-electron chi connectivity index (χ1n) is 6.37. The molecule has 3 rings (SSSR count). The second kappa shape index (κ2) is 7.52. The number of benzene rings is 1. The van der Waals surface area contributed by atoms with E-state index in [1.54, 1.807) is 23.1 Å². The normalized spacial score (nSPS) is 10.7. The lowest BCUT2D eigenvalue weighted by Crippen LogP contribution is -2.13. The average molecular weight is 430 g/mol. The van der Waals surface area contributed by atoms with Crippen molar-refractivity contribution in [3.63, 3.8) is 0 Å². The Bertz CT molecular complexity index is 823. The number of anilines is 1. The summed E-state index contributed by atoms with van der Waals surface area (Å²) in [6.45, 7) is 0. The van der Waals surface area contributed by atoms with Gasteiger partial charge < -0.3 is 0 Å². The molecule has 118 valence electrons. The van der Waals surface area contributed by atoms with Gasteiger partial charge in [0.05, 0.1) is 5.56 Å². The van der Waals surface area contributed by atoms with Gasteiger partial charge in [0.15, 0.2) is 4.34 Å². The minimum absolute atomic E-state index is 0.0395.